The van der Waals surface area contributed by atoms with Gasteiger partial charge < -0.3 is 9.30 Å². The second kappa shape index (κ2) is 7.73. The zero-order chi connectivity index (χ0) is 22.2. The molecule has 0 aliphatic rings. The van der Waals surface area contributed by atoms with Gasteiger partial charge in [-0.1, -0.05) is 19.1 Å². The molecule has 2 heterocycles. The number of aromatic nitrogens is 2. The highest BCUT2D eigenvalue weighted by Crippen LogP contribution is 2.34. The van der Waals surface area contributed by atoms with Crippen LogP contribution < -0.4 is 4.74 Å². The Kier molecular flexibility index (Phi) is 5.22. The lowest BCUT2D eigenvalue weighted by molar-refractivity contribution is -0.274. The van der Waals surface area contributed by atoms with Crippen molar-refractivity contribution >= 4 is 20.7 Å². The number of rotatable bonds is 5. The van der Waals surface area contributed by atoms with Crippen LogP contribution in [-0.4, -0.2) is 24.3 Å². The summed E-state index contributed by atoms with van der Waals surface area (Å²) in [4.78, 5) is 4.14. The van der Waals surface area contributed by atoms with E-state index in [-0.39, 0.29) is 20.9 Å². The molecule has 0 saturated carbocycles. The topological polar surface area (TPSA) is 61.2 Å². The number of alkyl halides is 3. The van der Waals surface area contributed by atoms with Gasteiger partial charge in [-0.15, -0.1) is 13.2 Å². The maximum absolute atomic E-state index is 13.4. The molecule has 0 radical (unpaired) electrons. The summed E-state index contributed by atoms with van der Waals surface area (Å²) in [5.41, 5.74) is 1.51. The fourth-order valence-corrected chi connectivity index (χ4v) is 4.72. The van der Waals surface area contributed by atoms with Crippen molar-refractivity contribution in [3.8, 4) is 11.4 Å². The lowest BCUT2D eigenvalue weighted by atomic mass is 10.1. The fraction of sp³-hybridized carbons (Fsp3) is 0.136. The van der Waals surface area contributed by atoms with Gasteiger partial charge in [0.2, 0.25) is 9.84 Å². The van der Waals surface area contributed by atoms with Gasteiger partial charge in [0.1, 0.15) is 10.6 Å². The van der Waals surface area contributed by atoms with E-state index >= 15 is 0 Å². The van der Waals surface area contributed by atoms with Gasteiger partial charge in [0.25, 0.3) is 0 Å². The number of pyridine rings is 1. The van der Waals surface area contributed by atoms with Crippen LogP contribution in [0.3, 0.4) is 0 Å². The third-order valence-electron chi connectivity index (χ3n) is 4.81. The zero-order valence-corrected chi connectivity index (χ0v) is 17.1. The average Bonchev–Trinajstić information content (AvgIpc) is 3.26. The molecule has 4 aromatic rings. The monoisotopic (exact) mass is 446 g/mol. The van der Waals surface area contributed by atoms with E-state index in [1.54, 1.807) is 36.7 Å². The van der Waals surface area contributed by atoms with Crippen LogP contribution in [0, 0.1) is 0 Å². The Morgan fingerprint density at radius 1 is 1.03 bits per heavy atom. The van der Waals surface area contributed by atoms with Crippen molar-refractivity contribution in [2.45, 2.75) is 29.5 Å². The molecule has 2 aromatic carbocycles. The molecule has 4 rings (SSSR count). The lowest BCUT2D eigenvalue weighted by Crippen LogP contribution is -2.17. The molecule has 0 aliphatic carbocycles. The minimum absolute atomic E-state index is 0.0713. The number of ether oxygens (including phenoxy) is 1. The highest BCUT2D eigenvalue weighted by molar-refractivity contribution is 7.91. The van der Waals surface area contributed by atoms with Crippen LogP contribution in [0.15, 0.2) is 83.0 Å². The van der Waals surface area contributed by atoms with Crippen molar-refractivity contribution in [1.82, 2.24) is 9.55 Å². The van der Waals surface area contributed by atoms with Crippen LogP contribution in [0.25, 0.3) is 16.6 Å². The zero-order valence-electron chi connectivity index (χ0n) is 16.3. The van der Waals surface area contributed by atoms with Gasteiger partial charge >= 0.3 is 6.36 Å². The number of benzene rings is 2. The Morgan fingerprint density at radius 2 is 1.71 bits per heavy atom. The Hall–Kier alpha value is -3.33. The Morgan fingerprint density at radius 3 is 2.32 bits per heavy atom. The molecule has 31 heavy (non-hydrogen) atoms. The molecule has 0 aliphatic heterocycles. The van der Waals surface area contributed by atoms with Crippen molar-refractivity contribution in [1.29, 1.82) is 0 Å². The number of sulfone groups is 1. The van der Waals surface area contributed by atoms with Crippen LogP contribution in [0.5, 0.6) is 5.75 Å². The summed E-state index contributed by atoms with van der Waals surface area (Å²) >= 11 is 0. The predicted octanol–water partition coefficient (Wildman–Crippen LogP) is 5.32. The van der Waals surface area contributed by atoms with Crippen molar-refractivity contribution in [2.75, 3.05) is 0 Å². The predicted molar refractivity (Wildman–Crippen MR) is 109 cm³/mol. The molecule has 0 fully saturated rings. The molecule has 5 nitrogen and oxygen atoms in total. The second-order valence-corrected chi connectivity index (χ2v) is 8.71. The number of nitrogens with zero attached hydrogens (tertiary/aromatic N) is 2. The van der Waals surface area contributed by atoms with E-state index in [2.05, 4.69) is 9.72 Å². The molecule has 0 saturated heterocycles. The molecule has 0 spiro atoms. The molecule has 0 N–H and O–H groups in total. The number of hydrogen-bond acceptors (Lipinski definition) is 4. The Bertz CT molecular complexity index is 1330. The first-order chi connectivity index (χ1) is 14.7. The second-order valence-electron chi connectivity index (χ2n) is 6.79. The average molecular weight is 446 g/mol. The highest BCUT2D eigenvalue weighted by Gasteiger charge is 2.31. The Labute approximate surface area is 176 Å². The summed E-state index contributed by atoms with van der Waals surface area (Å²) in [6.07, 6.45) is 0.343. The third-order valence-corrected chi connectivity index (χ3v) is 6.58. The molecule has 0 unspecified atom stereocenters. The van der Waals surface area contributed by atoms with E-state index in [0.717, 1.165) is 24.1 Å². The number of aryl methyl sites for hydroxylation is 1. The maximum atomic E-state index is 13.4. The Balaban J connectivity index is 1.97. The van der Waals surface area contributed by atoms with Crippen LogP contribution >= 0.6 is 0 Å². The first kappa shape index (κ1) is 20.9. The first-order valence-electron chi connectivity index (χ1n) is 9.35. The quantitative estimate of drug-likeness (QED) is 0.416. The minimum atomic E-state index is -4.88. The van der Waals surface area contributed by atoms with Crippen molar-refractivity contribution in [2.24, 2.45) is 0 Å². The molecule has 0 amide bonds. The summed E-state index contributed by atoms with van der Waals surface area (Å²) < 4.78 is 70.6. The number of halogens is 3. The molecular weight excluding hydrogens is 429 g/mol. The van der Waals surface area contributed by atoms with Crippen molar-refractivity contribution in [3.63, 3.8) is 0 Å². The minimum Gasteiger partial charge on any atom is -0.406 e. The molecule has 2 aromatic heterocycles. The van der Waals surface area contributed by atoms with Crippen LogP contribution in [0.1, 0.15) is 12.5 Å². The molecular formula is C22H17F3N2O3S. The van der Waals surface area contributed by atoms with Crippen molar-refractivity contribution in [3.05, 3.63) is 78.8 Å². The summed E-state index contributed by atoms with van der Waals surface area (Å²) in [5.74, 6) is -0.461. The third kappa shape index (κ3) is 4.13. The van der Waals surface area contributed by atoms with Gasteiger partial charge in [-0.25, -0.2) is 8.42 Å². The molecule has 160 valence electrons. The van der Waals surface area contributed by atoms with Gasteiger partial charge in [-0.05, 0) is 54.4 Å². The highest BCUT2D eigenvalue weighted by atomic mass is 32.2. The SMILES string of the molecule is CCc1ccc(S(=O)(=O)c2cnc3ccc(OC(F)(F)F)cc3c2-n2cccc2)cc1. The van der Waals surface area contributed by atoms with Gasteiger partial charge in [0.15, 0.2) is 0 Å². The fourth-order valence-electron chi connectivity index (χ4n) is 3.31. The summed E-state index contributed by atoms with van der Waals surface area (Å²) in [6.45, 7) is 1.96. The normalized spacial score (nSPS) is 12.3. The summed E-state index contributed by atoms with van der Waals surface area (Å²) in [7, 11) is -4.01. The van der Waals surface area contributed by atoms with E-state index in [0.29, 0.717) is 5.52 Å². The van der Waals surface area contributed by atoms with Gasteiger partial charge in [-0.3, -0.25) is 4.98 Å². The molecule has 0 atom stereocenters. The van der Waals surface area contributed by atoms with Crippen LogP contribution in [0.2, 0.25) is 0 Å². The van der Waals surface area contributed by atoms with Crippen LogP contribution in [-0.2, 0) is 16.3 Å². The van der Waals surface area contributed by atoms with Crippen molar-refractivity contribution < 1.29 is 26.3 Å². The van der Waals surface area contributed by atoms with Gasteiger partial charge in [0.05, 0.1) is 16.1 Å². The smallest absolute Gasteiger partial charge is 0.406 e. The standard InChI is InChI=1S/C22H17F3N2O3S/c1-2-15-5-8-17(9-6-15)31(28,29)20-14-26-19-10-7-16(30-22(23,24)25)13-18(19)21(20)27-11-3-4-12-27/h3-14H,2H2,1H3. The van der Waals surface area contributed by atoms with Gasteiger partial charge in [0, 0.05) is 24.0 Å². The maximum Gasteiger partial charge on any atom is 0.573 e. The number of fused-ring (bicyclic) bond motifs is 1. The van der Waals surface area contributed by atoms with Gasteiger partial charge in [-0.2, -0.15) is 0 Å². The van der Waals surface area contributed by atoms with E-state index in [4.69, 9.17) is 0 Å². The molecule has 9 heteroatoms. The first-order valence-corrected chi connectivity index (χ1v) is 10.8. The van der Waals surface area contributed by atoms with E-state index in [9.17, 15) is 21.6 Å². The molecule has 0 bridgehead atoms. The largest absolute Gasteiger partial charge is 0.573 e. The summed E-state index contributed by atoms with van der Waals surface area (Å²) in [6, 6.07) is 13.5. The van der Waals surface area contributed by atoms with Crippen LogP contribution in [0.4, 0.5) is 13.2 Å². The van der Waals surface area contributed by atoms with E-state index in [1.807, 2.05) is 6.92 Å². The van der Waals surface area contributed by atoms with E-state index < -0.39 is 21.9 Å². The lowest BCUT2D eigenvalue weighted by Gasteiger charge is -2.16. The van der Waals surface area contributed by atoms with E-state index in [1.165, 1.54) is 29.0 Å². The number of hydrogen-bond donors (Lipinski definition) is 0. The summed E-state index contributed by atoms with van der Waals surface area (Å²) in [5, 5.41) is 0.212.